The SMILES string of the molecule is Brc1cccc(-n2ncc(CNC3CC3)c2C2CC2)c1. The summed E-state index contributed by atoms with van der Waals surface area (Å²) in [5, 5.41) is 8.25. The summed E-state index contributed by atoms with van der Waals surface area (Å²) in [4.78, 5) is 0. The normalized spacial score (nSPS) is 18.4. The zero-order valence-corrected chi connectivity index (χ0v) is 12.9. The maximum absolute atomic E-state index is 4.64. The third-order valence-corrected chi connectivity index (χ3v) is 4.55. The van der Waals surface area contributed by atoms with Gasteiger partial charge in [-0.1, -0.05) is 22.0 Å². The third kappa shape index (κ3) is 2.54. The number of benzene rings is 1. The first-order valence-corrected chi connectivity index (χ1v) is 8.16. The fourth-order valence-electron chi connectivity index (χ4n) is 2.68. The van der Waals surface area contributed by atoms with E-state index >= 15 is 0 Å². The summed E-state index contributed by atoms with van der Waals surface area (Å²) in [7, 11) is 0. The second kappa shape index (κ2) is 5.01. The van der Waals surface area contributed by atoms with E-state index in [2.05, 4.69) is 55.3 Å². The van der Waals surface area contributed by atoms with Gasteiger partial charge in [0.15, 0.2) is 0 Å². The van der Waals surface area contributed by atoms with Gasteiger partial charge in [-0.15, -0.1) is 0 Å². The number of nitrogens with one attached hydrogen (secondary N) is 1. The molecule has 20 heavy (non-hydrogen) atoms. The monoisotopic (exact) mass is 331 g/mol. The van der Waals surface area contributed by atoms with E-state index in [0.29, 0.717) is 5.92 Å². The van der Waals surface area contributed by atoms with Crippen molar-refractivity contribution in [2.45, 2.75) is 44.2 Å². The zero-order chi connectivity index (χ0) is 13.5. The molecule has 2 fully saturated rings. The molecule has 104 valence electrons. The predicted octanol–water partition coefficient (Wildman–Crippen LogP) is 3.76. The Labute approximate surface area is 127 Å². The summed E-state index contributed by atoms with van der Waals surface area (Å²) in [6.45, 7) is 0.963. The fraction of sp³-hybridized carbons (Fsp3) is 0.438. The van der Waals surface area contributed by atoms with Crippen LogP contribution in [0.15, 0.2) is 34.9 Å². The van der Waals surface area contributed by atoms with Crippen molar-refractivity contribution < 1.29 is 0 Å². The topological polar surface area (TPSA) is 29.9 Å². The van der Waals surface area contributed by atoms with Gasteiger partial charge in [0, 0.05) is 28.5 Å². The van der Waals surface area contributed by atoms with Crippen LogP contribution >= 0.6 is 15.9 Å². The van der Waals surface area contributed by atoms with Crippen LogP contribution in [0.25, 0.3) is 5.69 Å². The van der Waals surface area contributed by atoms with Crippen molar-refractivity contribution in [1.29, 1.82) is 0 Å². The quantitative estimate of drug-likeness (QED) is 0.903. The van der Waals surface area contributed by atoms with Crippen molar-refractivity contribution >= 4 is 15.9 Å². The van der Waals surface area contributed by atoms with Crippen LogP contribution in [0, 0.1) is 0 Å². The van der Waals surface area contributed by atoms with E-state index in [-0.39, 0.29) is 0 Å². The maximum Gasteiger partial charge on any atom is 0.0660 e. The van der Waals surface area contributed by atoms with Crippen LogP contribution in [0.5, 0.6) is 0 Å². The highest BCUT2D eigenvalue weighted by molar-refractivity contribution is 9.10. The Bertz CT molecular complexity index is 626. The van der Waals surface area contributed by atoms with Gasteiger partial charge in [-0.2, -0.15) is 5.10 Å². The highest BCUT2D eigenvalue weighted by Crippen LogP contribution is 2.42. The molecule has 0 radical (unpaired) electrons. The Kier molecular flexibility index (Phi) is 3.15. The number of rotatable bonds is 5. The Hall–Kier alpha value is -1.13. The molecule has 0 amide bonds. The molecule has 0 atom stereocenters. The lowest BCUT2D eigenvalue weighted by atomic mass is 10.1. The second-order valence-electron chi connectivity index (χ2n) is 5.88. The van der Waals surface area contributed by atoms with E-state index < -0.39 is 0 Å². The van der Waals surface area contributed by atoms with Crippen molar-refractivity contribution in [1.82, 2.24) is 15.1 Å². The van der Waals surface area contributed by atoms with Crippen molar-refractivity contribution in [3.05, 3.63) is 46.2 Å². The lowest BCUT2D eigenvalue weighted by Gasteiger charge is -2.10. The first kappa shape index (κ1) is 12.6. The Morgan fingerprint density at radius 1 is 1.25 bits per heavy atom. The summed E-state index contributed by atoms with van der Waals surface area (Å²) in [5.41, 5.74) is 3.94. The summed E-state index contributed by atoms with van der Waals surface area (Å²) in [6.07, 6.45) is 7.31. The molecule has 0 spiro atoms. The van der Waals surface area contributed by atoms with E-state index in [4.69, 9.17) is 0 Å². The molecule has 2 aliphatic rings. The van der Waals surface area contributed by atoms with Gasteiger partial charge in [0.2, 0.25) is 0 Å². The zero-order valence-electron chi connectivity index (χ0n) is 11.3. The van der Waals surface area contributed by atoms with Crippen LogP contribution in [0.4, 0.5) is 0 Å². The highest BCUT2D eigenvalue weighted by atomic mass is 79.9. The van der Waals surface area contributed by atoms with E-state index in [1.54, 1.807) is 0 Å². The van der Waals surface area contributed by atoms with Gasteiger partial charge in [0.25, 0.3) is 0 Å². The minimum atomic E-state index is 0.701. The molecule has 0 aliphatic heterocycles. The molecule has 1 heterocycles. The molecule has 2 saturated carbocycles. The van der Waals surface area contributed by atoms with Gasteiger partial charge in [-0.05, 0) is 43.9 Å². The lowest BCUT2D eigenvalue weighted by Crippen LogP contribution is -2.16. The molecule has 0 saturated heterocycles. The van der Waals surface area contributed by atoms with Crippen LogP contribution in [-0.4, -0.2) is 15.8 Å². The molecule has 1 aromatic carbocycles. The number of hydrogen-bond acceptors (Lipinski definition) is 2. The standard InChI is InChI=1S/C16H18BrN3/c17-13-2-1-3-15(8-13)20-16(11-4-5-11)12(10-19-20)9-18-14-6-7-14/h1-3,8,10-11,14,18H,4-7,9H2. The average Bonchev–Trinajstić information content (AvgIpc) is 3.36. The van der Waals surface area contributed by atoms with Crippen LogP contribution in [-0.2, 0) is 6.54 Å². The third-order valence-electron chi connectivity index (χ3n) is 4.06. The van der Waals surface area contributed by atoms with Gasteiger partial charge in [0.1, 0.15) is 0 Å². The number of halogens is 1. The van der Waals surface area contributed by atoms with Crippen LogP contribution in [0.1, 0.15) is 42.9 Å². The first-order chi connectivity index (χ1) is 9.81. The minimum Gasteiger partial charge on any atom is -0.310 e. The van der Waals surface area contributed by atoms with E-state index in [1.807, 2.05) is 6.20 Å². The van der Waals surface area contributed by atoms with Gasteiger partial charge in [-0.3, -0.25) is 0 Å². The van der Waals surface area contributed by atoms with Gasteiger partial charge in [0.05, 0.1) is 17.6 Å². The van der Waals surface area contributed by atoms with Crippen molar-refractivity contribution in [3.8, 4) is 5.69 Å². The average molecular weight is 332 g/mol. The van der Waals surface area contributed by atoms with Crippen LogP contribution < -0.4 is 5.32 Å². The van der Waals surface area contributed by atoms with Crippen molar-refractivity contribution in [3.63, 3.8) is 0 Å². The van der Waals surface area contributed by atoms with E-state index in [0.717, 1.165) is 22.7 Å². The van der Waals surface area contributed by atoms with Gasteiger partial charge >= 0.3 is 0 Å². The highest BCUT2D eigenvalue weighted by Gasteiger charge is 2.31. The fourth-order valence-corrected chi connectivity index (χ4v) is 3.06. The van der Waals surface area contributed by atoms with E-state index in [1.165, 1.54) is 36.9 Å². The molecule has 3 nitrogen and oxygen atoms in total. The number of hydrogen-bond donors (Lipinski definition) is 1. The maximum atomic E-state index is 4.64. The van der Waals surface area contributed by atoms with Crippen LogP contribution in [0.3, 0.4) is 0 Å². The molecule has 1 aromatic heterocycles. The summed E-state index contributed by atoms with van der Waals surface area (Å²) < 4.78 is 3.23. The van der Waals surface area contributed by atoms with Crippen molar-refractivity contribution in [2.75, 3.05) is 0 Å². The van der Waals surface area contributed by atoms with Crippen molar-refractivity contribution in [2.24, 2.45) is 0 Å². The molecule has 2 aromatic rings. The Morgan fingerprint density at radius 2 is 2.10 bits per heavy atom. The predicted molar refractivity (Wildman–Crippen MR) is 83.1 cm³/mol. The molecular weight excluding hydrogens is 314 g/mol. The molecule has 4 heteroatoms. The second-order valence-corrected chi connectivity index (χ2v) is 6.79. The molecule has 4 rings (SSSR count). The molecule has 0 unspecified atom stereocenters. The smallest absolute Gasteiger partial charge is 0.0660 e. The molecule has 1 N–H and O–H groups in total. The summed E-state index contributed by atoms with van der Waals surface area (Å²) >= 11 is 3.55. The summed E-state index contributed by atoms with van der Waals surface area (Å²) in [5.74, 6) is 0.701. The Balaban J connectivity index is 1.67. The van der Waals surface area contributed by atoms with Crippen LogP contribution in [0.2, 0.25) is 0 Å². The number of nitrogens with zero attached hydrogens (tertiary/aromatic N) is 2. The summed E-state index contributed by atoms with van der Waals surface area (Å²) in [6, 6.07) is 9.13. The molecule has 2 aliphatic carbocycles. The lowest BCUT2D eigenvalue weighted by molar-refractivity contribution is 0.679. The van der Waals surface area contributed by atoms with Gasteiger partial charge < -0.3 is 5.32 Å². The first-order valence-electron chi connectivity index (χ1n) is 7.37. The Morgan fingerprint density at radius 3 is 2.80 bits per heavy atom. The number of aromatic nitrogens is 2. The molecule has 0 bridgehead atoms. The largest absolute Gasteiger partial charge is 0.310 e. The minimum absolute atomic E-state index is 0.701. The van der Waals surface area contributed by atoms with Gasteiger partial charge in [-0.25, -0.2) is 4.68 Å². The van der Waals surface area contributed by atoms with E-state index in [9.17, 15) is 0 Å². The molecular formula is C16H18BrN3.